The van der Waals surface area contributed by atoms with E-state index in [1.54, 1.807) is 6.07 Å². The normalized spacial score (nSPS) is 12.4. The fourth-order valence-corrected chi connectivity index (χ4v) is 2.19. The highest BCUT2D eigenvalue weighted by molar-refractivity contribution is 5.36. The molecule has 1 unspecified atom stereocenters. The van der Waals surface area contributed by atoms with Gasteiger partial charge in [0, 0.05) is 12.5 Å². The van der Waals surface area contributed by atoms with Gasteiger partial charge in [0.15, 0.2) is 11.6 Å². The maximum atomic E-state index is 14.0. The summed E-state index contributed by atoms with van der Waals surface area (Å²) in [4.78, 5) is 0. The molecule has 0 nitrogen and oxygen atoms in total. The molecule has 2 aromatic rings. The first-order valence-electron chi connectivity index (χ1n) is 6.55. The van der Waals surface area contributed by atoms with Crippen molar-refractivity contribution in [2.45, 2.75) is 32.6 Å². The Kier molecular flexibility index (Phi) is 4.31. The van der Waals surface area contributed by atoms with Gasteiger partial charge in [0.05, 0.1) is 0 Å². The summed E-state index contributed by atoms with van der Waals surface area (Å²) in [6.45, 7) is 4.06. The van der Waals surface area contributed by atoms with E-state index in [2.05, 4.69) is 6.07 Å². The molecule has 0 N–H and O–H groups in total. The second-order valence-corrected chi connectivity index (χ2v) is 4.82. The Hall–Kier alpha value is -1.70. The number of hydrogen-bond acceptors (Lipinski definition) is 0. The SMILES string of the molecule is CCC(C)c1c[c]c(F)c(F)c1Cc1ccccc1. The van der Waals surface area contributed by atoms with Crippen LogP contribution >= 0.6 is 0 Å². The predicted molar refractivity (Wildman–Crippen MR) is 73.1 cm³/mol. The lowest BCUT2D eigenvalue weighted by atomic mass is 9.90. The zero-order chi connectivity index (χ0) is 13.8. The van der Waals surface area contributed by atoms with E-state index in [1.165, 1.54) is 0 Å². The van der Waals surface area contributed by atoms with E-state index in [0.717, 1.165) is 17.5 Å². The number of hydrogen-bond donors (Lipinski definition) is 0. The molecule has 0 saturated carbocycles. The summed E-state index contributed by atoms with van der Waals surface area (Å²) < 4.78 is 27.4. The monoisotopic (exact) mass is 259 g/mol. The molecular formula is C17H17F2. The van der Waals surface area contributed by atoms with Crippen molar-refractivity contribution >= 4 is 0 Å². The summed E-state index contributed by atoms with van der Waals surface area (Å²) >= 11 is 0. The molecule has 2 rings (SSSR count). The summed E-state index contributed by atoms with van der Waals surface area (Å²) in [5.74, 6) is -1.45. The fraction of sp³-hybridized carbons (Fsp3) is 0.294. The molecule has 19 heavy (non-hydrogen) atoms. The van der Waals surface area contributed by atoms with E-state index < -0.39 is 11.6 Å². The van der Waals surface area contributed by atoms with Crippen molar-refractivity contribution in [2.75, 3.05) is 0 Å². The standard InChI is InChI=1S/C17H17F2/c1-3-12(2)14-9-10-16(18)17(19)15(14)11-13-7-5-4-6-8-13/h4-9,12H,3,11H2,1-2H3. The zero-order valence-electron chi connectivity index (χ0n) is 11.2. The first kappa shape index (κ1) is 13.7. The van der Waals surface area contributed by atoms with Crippen LogP contribution in [-0.4, -0.2) is 0 Å². The third-order valence-corrected chi connectivity index (χ3v) is 3.53. The lowest BCUT2D eigenvalue weighted by Crippen LogP contribution is -2.05. The average Bonchev–Trinajstić information content (AvgIpc) is 2.44. The lowest BCUT2D eigenvalue weighted by molar-refractivity contribution is 0.494. The van der Waals surface area contributed by atoms with Gasteiger partial charge >= 0.3 is 0 Å². The van der Waals surface area contributed by atoms with Crippen molar-refractivity contribution in [3.63, 3.8) is 0 Å². The maximum Gasteiger partial charge on any atom is 0.167 e. The first-order chi connectivity index (χ1) is 9.13. The van der Waals surface area contributed by atoms with Gasteiger partial charge in [-0.25, -0.2) is 8.78 Å². The number of rotatable bonds is 4. The van der Waals surface area contributed by atoms with E-state index in [-0.39, 0.29) is 5.92 Å². The lowest BCUT2D eigenvalue weighted by Gasteiger charge is -2.16. The molecule has 0 aliphatic carbocycles. The minimum Gasteiger partial charge on any atom is -0.203 e. The van der Waals surface area contributed by atoms with Crippen molar-refractivity contribution in [3.05, 3.63) is 70.8 Å². The van der Waals surface area contributed by atoms with Crippen molar-refractivity contribution in [1.29, 1.82) is 0 Å². The minimum atomic E-state index is -0.891. The predicted octanol–water partition coefficient (Wildman–Crippen LogP) is 4.87. The van der Waals surface area contributed by atoms with E-state index in [4.69, 9.17) is 0 Å². The van der Waals surface area contributed by atoms with Crippen LogP contribution in [0.4, 0.5) is 8.78 Å². The topological polar surface area (TPSA) is 0 Å². The van der Waals surface area contributed by atoms with Crippen LogP contribution in [0.2, 0.25) is 0 Å². The van der Waals surface area contributed by atoms with Crippen LogP contribution in [0.5, 0.6) is 0 Å². The van der Waals surface area contributed by atoms with Crippen molar-refractivity contribution < 1.29 is 8.78 Å². The Labute approximate surface area is 113 Å². The van der Waals surface area contributed by atoms with Gasteiger partial charge in [0.2, 0.25) is 0 Å². The summed E-state index contributed by atoms with van der Waals surface area (Å²) in [5, 5.41) is 0. The van der Waals surface area contributed by atoms with Crippen LogP contribution in [0.25, 0.3) is 0 Å². The van der Waals surface area contributed by atoms with Crippen LogP contribution in [0.1, 0.15) is 42.9 Å². The molecule has 0 spiro atoms. The summed E-state index contributed by atoms with van der Waals surface area (Å²) in [5.41, 5.74) is 2.29. The molecule has 1 atom stereocenters. The Bertz CT molecular complexity index is 547. The van der Waals surface area contributed by atoms with Gasteiger partial charge in [-0.05, 0) is 35.1 Å². The molecular weight excluding hydrogens is 242 g/mol. The van der Waals surface area contributed by atoms with Crippen molar-refractivity contribution in [3.8, 4) is 0 Å². The van der Waals surface area contributed by atoms with Crippen molar-refractivity contribution in [2.24, 2.45) is 0 Å². The Morgan fingerprint density at radius 1 is 1.16 bits per heavy atom. The van der Waals surface area contributed by atoms with Gasteiger partial charge in [0.25, 0.3) is 0 Å². The third-order valence-electron chi connectivity index (χ3n) is 3.53. The summed E-state index contributed by atoms with van der Waals surface area (Å²) in [6.07, 6.45) is 1.30. The highest BCUT2D eigenvalue weighted by Crippen LogP contribution is 2.28. The molecule has 1 radical (unpaired) electrons. The number of halogens is 2. The fourth-order valence-electron chi connectivity index (χ4n) is 2.19. The molecule has 0 aliphatic rings. The van der Waals surface area contributed by atoms with Crippen molar-refractivity contribution in [1.82, 2.24) is 0 Å². The largest absolute Gasteiger partial charge is 0.203 e. The van der Waals surface area contributed by atoms with Gasteiger partial charge in [-0.2, -0.15) is 0 Å². The molecule has 0 fully saturated rings. The third kappa shape index (κ3) is 3.01. The van der Waals surface area contributed by atoms with Crippen LogP contribution in [-0.2, 0) is 6.42 Å². The first-order valence-corrected chi connectivity index (χ1v) is 6.55. The van der Waals surface area contributed by atoms with Gasteiger partial charge in [-0.3, -0.25) is 0 Å². The van der Waals surface area contributed by atoms with Crippen LogP contribution < -0.4 is 0 Å². The Balaban J connectivity index is 2.44. The molecule has 0 amide bonds. The van der Waals surface area contributed by atoms with Gasteiger partial charge in [0.1, 0.15) is 0 Å². The molecule has 99 valence electrons. The highest BCUT2D eigenvalue weighted by Gasteiger charge is 2.17. The van der Waals surface area contributed by atoms with E-state index in [9.17, 15) is 8.78 Å². The molecule has 2 heteroatoms. The van der Waals surface area contributed by atoms with Crippen LogP contribution in [0.15, 0.2) is 36.4 Å². The molecule has 0 saturated heterocycles. The Morgan fingerprint density at radius 2 is 1.84 bits per heavy atom. The smallest absolute Gasteiger partial charge is 0.167 e. The van der Waals surface area contributed by atoms with Crippen LogP contribution in [0.3, 0.4) is 0 Å². The molecule has 0 aromatic heterocycles. The Morgan fingerprint density at radius 3 is 2.47 bits per heavy atom. The second-order valence-electron chi connectivity index (χ2n) is 4.82. The van der Waals surface area contributed by atoms with Gasteiger partial charge < -0.3 is 0 Å². The van der Waals surface area contributed by atoms with E-state index in [0.29, 0.717) is 12.0 Å². The van der Waals surface area contributed by atoms with E-state index >= 15 is 0 Å². The second kappa shape index (κ2) is 5.96. The molecule has 0 heterocycles. The molecule has 0 aliphatic heterocycles. The average molecular weight is 259 g/mol. The molecule has 0 bridgehead atoms. The summed E-state index contributed by atoms with van der Waals surface area (Å²) in [6, 6.07) is 13.5. The number of benzene rings is 2. The van der Waals surface area contributed by atoms with Crippen LogP contribution in [0, 0.1) is 17.7 Å². The minimum absolute atomic E-state index is 0.199. The quantitative estimate of drug-likeness (QED) is 0.735. The maximum absolute atomic E-state index is 14.0. The molecule has 2 aromatic carbocycles. The zero-order valence-corrected chi connectivity index (χ0v) is 11.2. The van der Waals surface area contributed by atoms with E-state index in [1.807, 2.05) is 44.2 Å². The van der Waals surface area contributed by atoms with Gasteiger partial charge in [-0.1, -0.05) is 44.2 Å². The van der Waals surface area contributed by atoms with Gasteiger partial charge in [-0.15, -0.1) is 0 Å². The highest BCUT2D eigenvalue weighted by atomic mass is 19.2. The summed E-state index contributed by atoms with van der Waals surface area (Å²) in [7, 11) is 0.